The maximum Gasteiger partial charge on any atom is 0.348 e. The summed E-state index contributed by atoms with van der Waals surface area (Å²) >= 11 is 0. The third kappa shape index (κ3) is 17.6. The summed E-state index contributed by atoms with van der Waals surface area (Å²) in [5.74, 6) is -0.789. The summed E-state index contributed by atoms with van der Waals surface area (Å²) in [5.41, 5.74) is 0. The number of aliphatic hydroxyl groups is 2. The number of aliphatic hydroxyl groups excluding tert-OH is 2. The Morgan fingerprint density at radius 2 is 1.91 bits per heavy atom. The van der Waals surface area contributed by atoms with Crippen LogP contribution in [0.2, 0.25) is 0 Å². The summed E-state index contributed by atoms with van der Waals surface area (Å²) in [4.78, 5) is 12.7. The maximum atomic E-state index is 10.7. The van der Waals surface area contributed by atoms with Crippen LogP contribution in [0.5, 0.6) is 0 Å². The molecule has 0 aliphatic rings. The highest BCUT2D eigenvalue weighted by molar-refractivity contribution is 5.68. The van der Waals surface area contributed by atoms with Crippen LogP contribution in [0.4, 0.5) is 4.53 Å². The van der Waals surface area contributed by atoms with Crippen LogP contribution < -0.4 is 0 Å². The van der Waals surface area contributed by atoms with Gasteiger partial charge in [-0.05, 0) is 6.42 Å². The number of carbonyl (C=O) groups excluding carboxylic acids is 1. The highest BCUT2D eigenvalue weighted by Crippen LogP contribution is 1.89. The highest BCUT2D eigenvalue weighted by Gasteiger charge is 1.96. The molecule has 0 aromatic rings. The number of carbonyl (C=O) groups is 1. The molecule has 0 aromatic heterocycles. The summed E-state index contributed by atoms with van der Waals surface area (Å²) in [5, 5.41) is 15.2. The zero-order valence-electron chi connectivity index (χ0n) is 6.42. The first-order chi connectivity index (χ1) is 5.22. The molecule has 5 heteroatoms. The summed E-state index contributed by atoms with van der Waals surface area (Å²) in [6.45, 7) is 1.52. The van der Waals surface area contributed by atoms with Gasteiger partial charge < -0.3 is 10.2 Å². The van der Waals surface area contributed by atoms with Crippen molar-refractivity contribution in [3.63, 3.8) is 0 Å². The molecule has 0 unspecified atom stereocenters. The van der Waals surface area contributed by atoms with Crippen LogP contribution in [-0.2, 0) is 9.74 Å². The van der Waals surface area contributed by atoms with Crippen LogP contribution in [0.1, 0.15) is 19.8 Å². The summed E-state index contributed by atoms with van der Waals surface area (Å²) in [6.07, 6.45) is 0.791. The Kier molecular flexibility index (Phi) is 14.2. The molecule has 0 saturated carbocycles. The van der Waals surface area contributed by atoms with Gasteiger partial charge in [-0.15, -0.1) is 0 Å². The second kappa shape index (κ2) is 12.0. The second-order valence-corrected chi connectivity index (χ2v) is 1.65. The van der Waals surface area contributed by atoms with Gasteiger partial charge >= 0.3 is 5.97 Å². The third-order valence-electron chi connectivity index (χ3n) is 0.640. The fourth-order valence-corrected chi connectivity index (χ4v) is 0.243. The number of rotatable bonds is 3. The van der Waals surface area contributed by atoms with E-state index in [9.17, 15) is 9.32 Å². The Bertz CT molecular complexity index is 84.7. The quantitative estimate of drug-likeness (QED) is 0.631. The van der Waals surface area contributed by atoms with Crippen molar-refractivity contribution in [2.45, 2.75) is 19.8 Å². The SMILES string of the molecule is CCCC(=O)OF.OCCO. The standard InChI is InChI=1S/C4H7FO2.C2H6O2/c1-2-3-4(6)7-5;3-1-2-4/h2-3H2,1H3;3-4H,1-2H2. The Hall–Kier alpha value is -0.680. The zero-order valence-corrected chi connectivity index (χ0v) is 6.42. The average Bonchev–Trinajstić information content (AvgIpc) is 2.05. The molecule has 0 bridgehead atoms. The molecule has 11 heavy (non-hydrogen) atoms. The fourth-order valence-electron chi connectivity index (χ4n) is 0.243. The molecule has 4 nitrogen and oxygen atoms in total. The first-order valence-electron chi connectivity index (χ1n) is 3.26. The number of halogens is 1. The van der Waals surface area contributed by atoms with E-state index in [1.165, 1.54) is 0 Å². The zero-order chi connectivity index (χ0) is 9.11. The van der Waals surface area contributed by atoms with E-state index in [2.05, 4.69) is 4.94 Å². The van der Waals surface area contributed by atoms with Gasteiger partial charge in [0.1, 0.15) is 0 Å². The van der Waals surface area contributed by atoms with E-state index in [0.29, 0.717) is 6.42 Å². The molecule has 0 aliphatic carbocycles. The predicted octanol–water partition coefficient (Wildman–Crippen LogP) is 0.185. The lowest BCUT2D eigenvalue weighted by molar-refractivity contribution is -0.183. The van der Waals surface area contributed by atoms with Crippen LogP contribution in [0.3, 0.4) is 0 Å². The Morgan fingerprint density at radius 3 is 2.00 bits per heavy atom. The lowest BCUT2D eigenvalue weighted by Gasteiger charge is -1.84. The van der Waals surface area contributed by atoms with Crippen LogP contribution in [0.15, 0.2) is 0 Å². The van der Waals surface area contributed by atoms with Gasteiger partial charge in [0.15, 0.2) is 0 Å². The first-order valence-corrected chi connectivity index (χ1v) is 3.26. The molecule has 0 heterocycles. The lowest BCUT2D eigenvalue weighted by atomic mass is 10.4. The minimum Gasteiger partial charge on any atom is -0.394 e. The van der Waals surface area contributed by atoms with Crippen molar-refractivity contribution >= 4 is 5.97 Å². The molecule has 0 saturated heterocycles. The predicted molar refractivity (Wildman–Crippen MR) is 36.3 cm³/mol. The molecular formula is C6H13FO4. The van der Waals surface area contributed by atoms with Gasteiger partial charge in [-0.25, -0.2) is 4.79 Å². The minimum absolute atomic E-state index is 0.125. The largest absolute Gasteiger partial charge is 0.394 e. The highest BCUT2D eigenvalue weighted by atomic mass is 19.3. The molecule has 0 fully saturated rings. The van der Waals surface area contributed by atoms with Gasteiger partial charge in [-0.1, -0.05) is 6.92 Å². The van der Waals surface area contributed by atoms with Gasteiger partial charge in [0, 0.05) is 10.9 Å². The molecular weight excluding hydrogens is 155 g/mol. The summed E-state index contributed by atoms with van der Waals surface area (Å²) < 4.78 is 10.7. The van der Waals surface area contributed by atoms with E-state index in [1.54, 1.807) is 6.92 Å². The van der Waals surface area contributed by atoms with E-state index >= 15 is 0 Å². The maximum absolute atomic E-state index is 10.7. The van der Waals surface area contributed by atoms with E-state index < -0.39 is 5.97 Å². The third-order valence-corrected chi connectivity index (χ3v) is 0.640. The Morgan fingerprint density at radius 1 is 1.45 bits per heavy atom. The molecule has 0 aromatic carbocycles. The van der Waals surface area contributed by atoms with Gasteiger partial charge in [0.2, 0.25) is 0 Å². The fraction of sp³-hybridized carbons (Fsp3) is 0.833. The number of hydrogen-bond donors (Lipinski definition) is 2. The molecule has 0 aliphatic heterocycles. The van der Waals surface area contributed by atoms with Gasteiger partial charge in [0.25, 0.3) is 0 Å². The van der Waals surface area contributed by atoms with Crippen molar-refractivity contribution in [3.05, 3.63) is 0 Å². The molecule has 2 N–H and O–H groups in total. The van der Waals surface area contributed by atoms with Crippen molar-refractivity contribution in [1.82, 2.24) is 0 Å². The number of hydrogen-bond acceptors (Lipinski definition) is 4. The van der Waals surface area contributed by atoms with E-state index in [1.807, 2.05) is 0 Å². The van der Waals surface area contributed by atoms with Gasteiger partial charge in [-0.3, -0.25) is 4.94 Å². The molecule has 0 spiro atoms. The average molecular weight is 168 g/mol. The lowest BCUT2D eigenvalue weighted by Crippen LogP contribution is -1.94. The molecule has 0 rings (SSSR count). The normalized spacial score (nSPS) is 8.00. The topological polar surface area (TPSA) is 66.8 Å². The van der Waals surface area contributed by atoms with E-state index in [4.69, 9.17) is 10.2 Å². The van der Waals surface area contributed by atoms with Crippen molar-refractivity contribution in [1.29, 1.82) is 0 Å². The van der Waals surface area contributed by atoms with Crippen LogP contribution >= 0.6 is 0 Å². The van der Waals surface area contributed by atoms with Crippen molar-refractivity contribution in [2.24, 2.45) is 0 Å². The van der Waals surface area contributed by atoms with Crippen LogP contribution in [0.25, 0.3) is 0 Å². The Balaban J connectivity index is 0. The van der Waals surface area contributed by atoms with E-state index in [-0.39, 0.29) is 19.6 Å². The summed E-state index contributed by atoms with van der Waals surface area (Å²) in [6, 6.07) is 0. The van der Waals surface area contributed by atoms with Crippen LogP contribution in [-0.4, -0.2) is 29.4 Å². The van der Waals surface area contributed by atoms with Crippen LogP contribution in [0, 0.1) is 0 Å². The van der Waals surface area contributed by atoms with E-state index in [0.717, 1.165) is 0 Å². The van der Waals surface area contributed by atoms with Gasteiger partial charge in [0.05, 0.1) is 13.2 Å². The van der Waals surface area contributed by atoms with Crippen molar-refractivity contribution in [2.75, 3.05) is 13.2 Å². The van der Waals surface area contributed by atoms with Crippen molar-refractivity contribution in [3.8, 4) is 0 Å². The smallest absolute Gasteiger partial charge is 0.348 e. The van der Waals surface area contributed by atoms with Crippen molar-refractivity contribution < 1.29 is 24.5 Å². The first kappa shape index (κ1) is 12.9. The summed E-state index contributed by atoms with van der Waals surface area (Å²) in [7, 11) is 0. The monoisotopic (exact) mass is 168 g/mol. The Labute approximate surface area is 64.5 Å². The molecule has 0 amide bonds. The molecule has 0 atom stereocenters. The second-order valence-electron chi connectivity index (χ2n) is 1.65. The van der Waals surface area contributed by atoms with Gasteiger partial charge in [-0.2, -0.15) is 0 Å². The molecule has 0 radical (unpaired) electrons. The molecule has 68 valence electrons. The minimum atomic E-state index is -0.789.